The number of allylic oxidation sites excluding steroid dienone is 1. The number of nitrogens with zero attached hydrogens (tertiary/aromatic N) is 1. The zero-order chi connectivity index (χ0) is 9.31. The molecule has 0 radical (unpaired) electrons. The molecule has 2 aliphatic heterocycles. The van der Waals surface area contributed by atoms with Crippen molar-refractivity contribution in [2.24, 2.45) is 10.4 Å². The molecule has 3 nitrogen and oxygen atoms in total. The zero-order valence-corrected chi connectivity index (χ0v) is 8.12. The third-order valence-electron chi connectivity index (χ3n) is 2.20. The predicted molar refractivity (Wildman–Crippen MR) is 52.9 cm³/mol. The molecule has 0 aromatic carbocycles. The van der Waals surface area contributed by atoms with Crippen molar-refractivity contribution in [3.63, 3.8) is 0 Å². The first-order valence-electron chi connectivity index (χ1n) is 4.60. The van der Waals surface area contributed by atoms with Crippen molar-refractivity contribution in [1.29, 1.82) is 0 Å². The molecule has 1 saturated heterocycles. The van der Waals surface area contributed by atoms with E-state index in [-0.39, 0.29) is 12.5 Å². The number of hydrogen-bond donors (Lipinski definition) is 0. The summed E-state index contributed by atoms with van der Waals surface area (Å²) in [7, 11) is -0.181. The Morgan fingerprint density at radius 3 is 2.62 bits per heavy atom. The molecule has 2 heterocycles. The van der Waals surface area contributed by atoms with Gasteiger partial charge in [0.25, 0.3) is 0 Å². The van der Waals surface area contributed by atoms with Crippen LogP contribution in [0.15, 0.2) is 16.5 Å². The fourth-order valence-electron chi connectivity index (χ4n) is 1.41. The van der Waals surface area contributed by atoms with Crippen LogP contribution in [-0.4, -0.2) is 33.1 Å². The van der Waals surface area contributed by atoms with E-state index in [1.807, 2.05) is 12.3 Å². The van der Waals surface area contributed by atoms with Gasteiger partial charge in [0.1, 0.15) is 0 Å². The fraction of sp³-hybridized carbons (Fsp3) is 0.667. The van der Waals surface area contributed by atoms with Gasteiger partial charge >= 0.3 is 7.12 Å². The second-order valence-electron chi connectivity index (χ2n) is 4.32. The summed E-state index contributed by atoms with van der Waals surface area (Å²) in [6.07, 6.45) is 3.88. The zero-order valence-electron chi connectivity index (χ0n) is 8.12. The quantitative estimate of drug-likeness (QED) is 0.564. The van der Waals surface area contributed by atoms with Gasteiger partial charge in [-0.1, -0.05) is 19.9 Å². The van der Waals surface area contributed by atoms with Crippen LogP contribution in [0.4, 0.5) is 0 Å². The van der Waals surface area contributed by atoms with Gasteiger partial charge in [-0.2, -0.15) is 0 Å². The van der Waals surface area contributed by atoms with Crippen LogP contribution in [0.3, 0.4) is 0 Å². The normalized spacial score (nSPS) is 26.3. The minimum absolute atomic E-state index is 0.146. The summed E-state index contributed by atoms with van der Waals surface area (Å²) in [4.78, 5) is 4.10. The van der Waals surface area contributed by atoms with Crippen LogP contribution in [0.2, 0.25) is 0 Å². The van der Waals surface area contributed by atoms with Crippen molar-refractivity contribution in [3.05, 3.63) is 11.5 Å². The van der Waals surface area contributed by atoms with Crippen LogP contribution in [0, 0.1) is 5.41 Å². The summed E-state index contributed by atoms with van der Waals surface area (Å²) >= 11 is 0. The second kappa shape index (κ2) is 3.27. The molecule has 1 fully saturated rings. The largest absolute Gasteiger partial charge is 0.495 e. The summed E-state index contributed by atoms with van der Waals surface area (Å²) in [5, 5.41) is 0. The fourth-order valence-corrected chi connectivity index (χ4v) is 1.41. The monoisotopic (exact) mass is 179 g/mol. The average molecular weight is 179 g/mol. The van der Waals surface area contributed by atoms with Crippen molar-refractivity contribution < 1.29 is 9.31 Å². The molecule has 0 aromatic heterocycles. The summed E-state index contributed by atoms with van der Waals surface area (Å²) < 4.78 is 11.2. The van der Waals surface area contributed by atoms with E-state index in [1.165, 1.54) is 0 Å². The molecule has 13 heavy (non-hydrogen) atoms. The van der Waals surface area contributed by atoms with Gasteiger partial charge in [-0.15, -0.1) is 0 Å². The van der Waals surface area contributed by atoms with Gasteiger partial charge in [-0.3, -0.25) is 4.99 Å². The van der Waals surface area contributed by atoms with Crippen LogP contribution in [0.5, 0.6) is 0 Å². The maximum Gasteiger partial charge on any atom is 0.495 e. The standard InChI is InChI=1S/C9H14BNO2/c1-9(2)6-12-10(13-7-9)8-3-4-11-5-8/h3,5H,4,6-7H2,1-2H3. The molecular weight excluding hydrogens is 165 g/mol. The van der Waals surface area contributed by atoms with Crippen molar-refractivity contribution in [3.8, 4) is 0 Å². The molecule has 0 spiro atoms. The first-order chi connectivity index (χ1) is 6.17. The first kappa shape index (κ1) is 8.97. The Morgan fingerprint density at radius 2 is 2.08 bits per heavy atom. The van der Waals surface area contributed by atoms with Gasteiger partial charge in [-0.05, 0) is 5.47 Å². The highest BCUT2D eigenvalue weighted by Crippen LogP contribution is 2.23. The third-order valence-corrected chi connectivity index (χ3v) is 2.20. The highest BCUT2D eigenvalue weighted by atomic mass is 16.6. The molecule has 0 N–H and O–H groups in total. The van der Waals surface area contributed by atoms with Crippen LogP contribution in [0.25, 0.3) is 0 Å². The van der Waals surface area contributed by atoms with E-state index in [2.05, 4.69) is 18.8 Å². The Hall–Kier alpha value is -0.605. The van der Waals surface area contributed by atoms with Crippen molar-refractivity contribution in [2.75, 3.05) is 19.8 Å². The molecule has 0 amide bonds. The van der Waals surface area contributed by atoms with Gasteiger partial charge < -0.3 is 9.31 Å². The Morgan fingerprint density at radius 1 is 1.38 bits per heavy atom. The number of hydrogen-bond acceptors (Lipinski definition) is 3. The molecule has 0 bridgehead atoms. The molecule has 4 heteroatoms. The first-order valence-corrected chi connectivity index (χ1v) is 4.60. The van der Waals surface area contributed by atoms with Gasteiger partial charge in [0.05, 0.1) is 6.54 Å². The maximum atomic E-state index is 5.60. The molecular formula is C9H14BNO2. The van der Waals surface area contributed by atoms with Crippen LogP contribution < -0.4 is 0 Å². The minimum atomic E-state index is -0.181. The van der Waals surface area contributed by atoms with E-state index in [9.17, 15) is 0 Å². The smallest absolute Gasteiger partial charge is 0.407 e. The SMILES string of the molecule is CC1(C)COB(C2=CCN=C2)OC1. The van der Waals surface area contributed by atoms with Crippen molar-refractivity contribution >= 4 is 13.3 Å². The summed E-state index contributed by atoms with van der Waals surface area (Å²) in [6.45, 7) is 6.55. The highest BCUT2D eigenvalue weighted by Gasteiger charge is 2.34. The summed E-state index contributed by atoms with van der Waals surface area (Å²) in [5.41, 5.74) is 1.21. The lowest BCUT2D eigenvalue weighted by atomic mass is 9.76. The Balaban J connectivity index is 1.95. The van der Waals surface area contributed by atoms with Gasteiger partial charge in [0.2, 0.25) is 0 Å². The molecule has 0 atom stereocenters. The predicted octanol–water partition coefficient (Wildman–Crippen LogP) is 1.10. The van der Waals surface area contributed by atoms with E-state index in [4.69, 9.17) is 9.31 Å². The highest BCUT2D eigenvalue weighted by molar-refractivity contribution is 6.60. The number of rotatable bonds is 1. The van der Waals surface area contributed by atoms with E-state index >= 15 is 0 Å². The second-order valence-corrected chi connectivity index (χ2v) is 4.32. The van der Waals surface area contributed by atoms with E-state index in [0.29, 0.717) is 0 Å². The molecule has 70 valence electrons. The molecule has 0 aliphatic carbocycles. The van der Waals surface area contributed by atoms with Gasteiger partial charge in [-0.25, -0.2) is 0 Å². The van der Waals surface area contributed by atoms with Crippen molar-refractivity contribution in [1.82, 2.24) is 0 Å². The Kier molecular flexibility index (Phi) is 2.26. The summed E-state index contributed by atoms with van der Waals surface area (Å²) in [6, 6.07) is 0. The van der Waals surface area contributed by atoms with E-state index < -0.39 is 0 Å². The van der Waals surface area contributed by atoms with Crippen molar-refractivity contribution in [2.45, 2.75) is 13.8 Å². The minimum Gasteiger partial charge on any atom is -0.407 e. The van der Waals surface area contributed by atoms with E-state index in [1.54, 1.807) is 0 Å². The van der Waals surface area contributed by atoms with Gasteiger partial charge in [0.15, 0.2) is 0 Å². The van der Waals surface area contributed by atoms with Crippen LogP contribution in [-0.2, 0) is 9.31 Å². The molecule has 0 saturated carbocycles. The van der Waals surface area contributed by atoms with Gasteiger partial charge in [0, 0.05) is 24.8 Å². The molecule has 0 unspecified atom stereocenters. The Labute approximate surface area is 79.0 Å². The van der Waals surface area contributed by atoms with Crippen LogP contribution in [0.1, 0.15) is 13.8 Å². The third kappa shape index (κ3) is 2.01. The summed E-state index contributed by atoms with van der Waals surface area (Å²) in [5.74, 6) is 0. The van der Waals surface area contributed by atoms with E-state index in [0.717, 1.165) is 25.2 Å². The number of aliphatic imine (C=N–C) groups is 1. The Bertz CT molecular complexity index is 250. The van der Waals surface area contributed by atoms with Crippen LogP contribution >= 0.6 is 0 Å². The lowest BCUT2D eigenvalue weighted by molar-refractivity contribution is 0.0329. The topological polar surface area (TPSA) is 30.8 Å². The molecule has 2 aliphatic rings. The average Bonchev–Trinajstić information content (AvgIpc) is 2.56. The lowest BCUT2D eigenvalue weighted by Gasteiger charge is -2.32. The molecule has 0 aromatic rings. The lowest BCUT2D eigenvalue weighted by Crippen LogP contribution is -2.42. The molecule has 2 rings (SSSR count). The maximum absolute atomic E-state index is 5.60.